The molecule has 0 bridgehead atoms. The zero-order valence-electron chi connectivity index (χ0n) is 10.9. The molecule has 0 radical (unpaired) electrons. The van der Waals surface area contributed by atoms with Gasteiger partial charge in [0.2, 0.25) is 0 Å². The number of aryl methyl sites for hydroxylation is 2. The van der Waals surface area contributed by atoms with E-state index in [1.807, 2.05) is 24.8 Å². The largest absolute Gasteiger partial charge is 0.378 e. The molecule has 1 aliphatic heterocycles. The monoisotopic (exact) mass is 249 g/mol. The van der Waals surface area contributed by atoms with Crippen molar-refractivity contribution in [2.75, 3.05) is 26.3 Å². The highest BCUT2D eigenvalue weighted by atomic mass is 16.5. The summed E-state index contributed by atoms with van der Waals surface area (Å²) in [5.41, 5.74) is 7.80. The molecule has 6 nitrogen and oxygen atoms in total. The summed E-state index contributed by atoms with van der Waals surface area (Å²) >= 11 is 0. The molecule has 0 unspecified atom stereocenters. The Morgan fingerprint density at radius 3 is 2.78 bits per heavy atom. The fraction of sp³-hybridized carbons (Fsp3) is 0.583. The summed E-state index contributed by atoms with van der Waals surface area (Å²) in [6.07, 6.45) is 0. The molecule has 1 saturated heterocycles. The molecule has 0 amide bonds. The third-order valence-corrected chi connectivity index (χ3v) is 2.76. The van der Waals surface area contributed by atoms with Crippen LogP contribution in [0.15, 0.2) is 11.1 Å². The van der Waals surface area contributed by atoms with Gasteiger partial charge in [-0.25, -0.2) is 15.0 Å². The Hall–Kier alpha value is -1.69. The maximum Gasteiger partial charge on any atom is 0.191 e. The fourth-order valence-corrected chi connectivity index (χ4v) is 1.93. The highest BCUT2D eigenvalue weighted by Gasteiger charge is 2.11. The maximum absolute atomic E-state index is 5.95. The average molecular weight is 249 g/mol. The van der Waals surface area contributed by atoms with E-state index < -0.39 is 0 Å². The Morgan fingerprint density at radius 1 is 1.39 bits per heavy atom. The van der Waals surface area contributed by atoms with Crippen LogP contribution < -0.4 is 5.73 Å². The highest BCUT2D eigenvalue weighted by Crippen LogP contribution is 2.03. The van der Waals surface area contributed by atoms with E-state index in [4.69, 9.17) is 10.5 Å². The van der Waals surface area contributed by atoms with Crippen molar-refractivity contribution in [2.24, 2.45) is 10.7 Å². The zero-order valence-corrected chi connectivity index (χ0v) is 10.9. The van der Waals surface area contributed by atoms with Gasteiger partial charge < -0.3 is 15.4 Å². The smallest absolute Gasteiger partial charge is 0.191 e. The molecule has 1 fully saturated rings. The second-order valence-corrected chi connectivity index (χ2v) is 4.32. The lowest BCUT2D eigenvalue weighted by Crippen LogP contribution is -2.44. The molecule has 0 spiro atoms. The summed E-state index contributed by atoms with van der Waals surface area (Å²) in [5, 5.41) is 0. The molecule has 0 aromatic carbocycles. The van der Waals surface area contributed by atoms with Gasteiger partial charge >= 0.3 is 0 Å². The third kappa shape index (κ3) is 3.40. The number of rotatable bonds is 2. The number of aliphatic imine (C=N–C) groups is 1. The Balaban J connectivity index is 2.00. The fourth-order valence-electron chi connectivity index (χ4n) is 1.93. The minimum Gasteiger partial charge on any atom is -0.378 e. The van der Waals surface area contributed by atoms with Crippen molar-refractivity contribution < 1.29 is 4.74 Å². The molecular weight excluding hydrogens is 230 g/mol. The second kappa shape index (κ2) is 5.77. The van der Waals surface area contributed by atoms with Crippen LogP contribution in [0.25, 0.3) is 0 Å². The van der Waals surface area contributed by atoms with Gasteiger partial charge in [-0.3, -0.25) is 0 Å². The van der Waals surface area contributed by atoms with Gasteiger partial charge in [-0.15, -0.1) is 0 Å². The molecule has 0 aliphatic carbocycles. The minimum atomic E-state index is 0.493. The number of hydrogen-bond acceptors (Lipinski definition) is 4. The van der Waals surface area contributed by atoms with Crippen molar-refractivity contribution in [2.45, 2.75) is 20.4 Å². The summed E-state index contributed by atoms with van der Waals surface area (Å²) < 4.78 is 5.27. The number of nitrogens with zero attached hydrogens (tertiary/aromatic N) is 4. The van der Waals surface area contributed by atoms with Crippen molar-refractivity contribution >= 4 is 5.96 Å². The summed E-state index contributed by atoms with van der Waals surface area (Å²) in [7, 11) is 0. The number of hydrogen-bond donors (Lipinski definition) is 1. The topological polar surface area (TPSA) is 76.6 Å². The number of ether oxygens (including phenoxy) is 1. The molecule has 18 heavy (non-hydrogen) atoms. The zero-order chi connectivity index (χ0) is 13.0. The molecule has 1 aliphatic rings. The van der Waals surface area contributed by atoms with Crippen LogP contribution in [0.3, 0.4) is 0 Å². The van der Waals surface area contributed by atoms with Crippen LogP contribution in [0, 0.1) is 13.8 Å². The lowest BCUT2D eigenvalue weighted by molar-refractivity contribution is 0.0674. The van der Waals surface area contributed by atoms with E-state index in [0.29, 0.717) is 25.7 Å². The first-order valence-corrected chi connectivity index (χ1v) is 6.09. The minimum absolute atomic E-state index is 0.493. The van der Waals surface area contributed by atoms with Crippen LogP contribution in [-0.4, -0.2) is 47.1 Å². The predicted molar refractivity (Wildman–Crippen MR) is 69.2 cm³/mol. The highest BCUT2D eigenvalue weighted by molar-refractivity contribution is 5.78. The maximum atomic E-state index is 5.95. The van der Waals surface area contributed by atoms with Gasteiger partial charge in [0.25, 0.3) is 0 Å². The van der Waals surface area contributed by atoms with E-state index in [0.717, 1.165) is 30.3 Å². The molecule has 2 N–H and O–H groups in total. The predicted octanol–water partition coefficient (Wildman–Crippen LogP) is 0.240. The molecule has 2 heterocycles. The molecular formula is C12H19N5O. The lowest BCUT2D eigenvalue weighted by Gasteiger charge is -2.27. The quantitative estimate of drug-likeness (QED) is 0.600. The summed E-state index contributed by atoms with van der Waals surface area (Å²) in [4.78, 5) is 15.0. The van der Waals surface area contributed by atoms with Gasteiger partial charge in [0.1, 0.15) is 5.82 Å². The first-order chi connectivity index (χ1) is 8.65. The van der Waals surface area contributed by atoms with E-state index in [1.165, 1.54) is 0 Å². The number of aromatic nitrogens is 2. The molecule has 6 heteroatoms. The van der Waals surface area contributed by atoms with E-state index in [-0.39, 0.29) is 0 Å². The van der Waals surface area contributed by atoms with Crippen molar-refractivity contribution in [1.82, 2.24) is 14.9 Å². The molecule has 1 aromatic rings. The lowest BCUT2D eigenvalue weighted by atomic mass is 10.3. The summed E-state index contributed by atoms with van der Waals surface area (Å²) in [5.74, 6) is 1.33. The van der Waals surface area contributed by atoms with Gasteiger partial charge in [0.05, 0.1) is 25.5 Å². The number of nitrogens with two attached hydrogens (primary N) is 1. The summed E-state index contributed by atoms with van der Waals surface area (Å²) in [6, 6.07) is 1.93. The first kappa shape index (κ1) is 12.8. The van der Waals surface area contributed by atoms with Gasteiger partial charge in [-0.2, -0.15) is 0 Å². The van der Waals surface area contributed by atoms with Gasteiger partial charge in [0, 0.05) is 18.8 Å². The van der Waals surface area contributed by atoms with Gasteiger partial charge in [-0.05, 0) is 19.9 Å². The molecule has 0 saturated carbocycles. The van der Waals surface area contributed by atoms with E-state index >= 15 is 0 Å². The summed E-state index contributed by atoms with van der Waals surface area (Å²) in [6.45, 7) is 7.35. The van der Waals surface area contributed by atoms with Crippen LogP contribution in [0.2, 0.25) is 0 Å². The van der Waals surface area contributed by atoms with Gasteiger partial charge in [0.15, 0.2) is 5.96 Å². The Bertz CT molecular complexity index is 420. The van der Waals surface area contributed by atoms with E-state index in [2.05, 4.69) is 15.0 Å². The van der Waals surface area contributed by atoms with Crippen molar-refractivity contribution in [1.29, 1.82) is 0 Å². The standard InChI is InChI=1S/C12H19N5O/c1-9-7-11(16-10(2)15-9)8-14-12(13)17-3-5-18-6-4-17/h7H,3-6,8H2,1-2H3,(H2,13,14). The molecule has 2 rings (SSSR count). The number of morpholine rings is 1. The van der Waals surface area contributed by atoms with Crippen LogP contribution >= 0.6 is 0 Å². The van der Waals surface area contributed by atoms with Crippen molar-refractivity contribution in [3.8, 4) is 0 Å². The second-order valence-electron chi connectivity index (χ2n) is 4.32. The van der Waals surface area contributed by atoms with Gasteiger partial charge in [-0.1, -0.05) is 0 Å². The van der Waals surface area contributed by atoms with Crippen LogP contribution in [0.4, 0.5) is 0 Å². The molecule has 0 atom stereocenters. The normalized spacial score (nSPS) is 17.0. The number of guanidine groups is 1. The SMILES string of the molecule is Cc1cc(CN=C(N)N2CCOCC2)nc(C)n1. The van der Waals surface area contributed by atoms with Crippen LogP contribution in [0.1, 0.15) is 17.2 Å². The van der Waals surface area contributed by atoms with Crippen molar-refractivity contribution in [3.63, 3.8) is 0 Å². The Labute approximate surface area is 107 Å². The Kier molecular flexibility index (Phi) is 4.09. The van der Waals surface area contributed by atoms with Crippen LogP contribution in [0.5, 0.6) is 0 Å². The average Bonchev–Trinajstić information content (AvgIpc) is 2.36. The molecule has 98 valence electrons. The third-order valence-electron chi connectivity index (χ3n) is 2.76. The first-order valence-electron chi connectivity index (χ1n) is 6.09. The van der Waals surface area contributed by atoms with E-state index in [1.54, 1.807) is 0 Å². The van der Waals surface area contributed by atoms with Crippen molar-refractivity contribution in [3.05, 3.63) is 23.3 Å². The Morgan fingerprint density at radius 2 is 2.11 bits per heavy atom. The van der Waals surface area contributed by atoms with E-state index in [9.17, 15) is 0 Å². The molecule has 1 aromatic heterocycles. The van der Waals surface area contributed by atoms with Crippen LogP contribution in [-0.2, 0) is 11.3 Å².